The van der Waals surface area contributed by atoms with Gasteiger partial charge in [0.2, 0.25) is 11.8 Å². The molecule has 0 atom stereocenters. The second-order valence-corrected chi connectivity index (χ2v) is 10.8. The molecule has 3 aliphatic heterocycles. The molecule has 0 spiro atoms. The van der Waals surface area contributed by atoms with E-state index in [1.807, 2.05) is 29.2 Å². The molecule has 0 unspecified atom stereocenters. The number of piperidine rings is 2. The van der Waals surface area contributed by atoms with Crippen molar-refractivity contribution in [1.82, 2.24) is 14.8 Å². The lowest BCUT2D eigenvalue weighted by molar-refractivity contribution is -0.130. The van der Waals surface area contributed by atoms with E-state index in [4.69, 9.17) is 20.4 Å². The molecular formula is C30H40N6O3. The smallest absolute Gasteiger partial charge is 0.220 e. The van der Waals surface area contributed by atoms with E-state index in [1.54, 1.807) is 6.92 Å². The van der Waals surface area contributed by atoms with E-state index in [-0.39, 0.29) is 24.5 Å². The van der Waals surface area contributed by atoms with Crippen molar-refractivity contribution in [3.05, 3.63) is 60.5 Å². The molecule has 0 saturated carbocycles. The third-order valence-corrected chi connectivity index (χ3v) is 8.29. The Kier molecular flexibility index (Phi) is 8.35. The van der Waals surface area contributed by atoms with Gasteiger partial charge >= 0.3 is 0 Å². The Balaban J connectivity index is 1.32. The van der Waals surface area contributed by atoms with E-state index in [0.29, 0.717) is 43.9 Å². The number of carbonyl (C=O) groups is 1. The first kappa shape index (κ1) is 27.0. The van der Waals surface area contributed by atoms with Crippen LogP contribution in [0.25, 0.3) is 10.9 Å². The summed E-state index contributed by atoms with van der Waals surface area (Å²) in [5.74, 6) is 2.54. The minimum absolute atomic E-state index is 0.0443. The van der Waals surface area contributed by atoms with Crippen LogP contribution in [0.15, 0.2) is 65.5 Å². The van der Waals surface area contributed by atoms with Crippen molar-refractivity contribution in [2.45, 2.75) is 38.7 Å². The summed E-state index contributed by atoms with van der Waals surface area (Å²) in [5.41, 5.74) is 8.45. The molecule has 0 bridgehead atoms. The molecule has 1 amide bonds. The van der Waals surface area contributed by atoms with Crippen molar-refractivity contribution in [1.29, 1.82) is 0 Å². The molecule has 2 aromatic rings. The number of nitrogens with zero attached hydrogens (tertiary/aromatic N) is 5. The molecule has 3 saturated heterocycles. The van der Waals surface area contributed by atoms with Gasteiger partial charge in [-0.2, -0.15) is 4.99 Å². The van der Waals surface area contributed by atoms with Crippen molar-refractivity contribution in [3.63, 3.8) is 0 Å². The Labute approximate surface area is 230 Å². The van der Waals surface area contributed by atoms with Gasteiger partial charge in [0.05, 0.1) is 18.6 Å². The summed E-state index contributed by atoms with van der Waals surface area (Å²) < 4.78 is 6.53. The largest absolute Gasteiger partial charge is 0.470 e. The fourth-order valence-electron chi connectivity index (χ4n) is 5.70. The Morgan fingerprint density at radius 2 is 1.79 bits per heavy atom. The summed E-state index contributed by atoms with van der Waals surface area (Å²) >= 11 is 0. The van der Waals surface area contributed by atoms with Crippen LogP contribution in [0, 0.1) is 11.8 Å². The number of carbonyl (C=O) groups excluding carboxylic acids is 1. The number of likely N-dealkylation sites (tertiary alicyclic amines) is 2. The molecule has 0 aliphatic carbocycles. The van der Waals surface area contributed by atoms with Crippen LogP contribution in [-0.2, 0) is 9.53 Å². The zero-order valence-electron chi connectivity index (χ0n) is 22.8. The number of amides is 1. The zero-order valence-corrected chi connectivity index (χ0v) is 22.8. The van der Waals surface area contributed by atoms with Gasteiger partial charge in [-0.15, -0.1) is 0 Å². The summed E-state index contributed by atoms with van der Waals surface area (Å²) in [7, 11) is 0. The van der Waals surface area contributed by atoms with Crippen molar-refractivity contribution >= 4 is 28.6 Å². The molecule has 3 fully saturated rings. The van der Waals surface area contributed by atoms with Gasteiger partial charge in [-0.1, -0.05) is 30.9 Å². The number of fused-ring (bicyclic) bond motifs is 1. The SMILES string of the molecule is C=C/C(=C(\N=C(/N)N1CCC(CO)CC1)OC1CN(c2ccc3ccccc3n2)C1)C1CCN(C(C)=O)CC1. The number of hydrogen-bond acceptors (Lipinski definition) is 6. The van der Waals surface area contributed by atoms with Gasteiger partial charge in [-0.3, -0.25) is 4.79 Å². The number of pyridine rings is 1. The summed E-state index contributed by atoms with van der Waals surface area (Å²) in [6.45, 7) is 10.3. The van der Waals surface area contributed by atoms with Crippen LogP contribution in [0.4, 0.5) is 5.82 Å². The number of rotatable bonds is 7. The van der Waals surface area contributed by atoms with Gasteiger partial charge < -0.3 is 30.3 Å². The van der Waals surface area contributed by atoms with E-state index in [1.165, 1.54) is 0 Å². The lowest BCUT2D eigenvalue weighted by Crippen LogP contribution is -2.52. The highest BCUT2D eigenvalue weighted by atomic mass is 16.5. The number of aliphatic hydroxyl groups excluding tert-OH is 1. The Morgan fingerprint density at radius 3 is 2.46 bits per heavy atom. The fourth-order valence-corrected chi connectivity index (χ4v) is 5.70. The van der Waals surface area contributed by atoms with E-state index < -0.39 is 0 Å². The standard InChI is InChI=1S/C30H40N6O3/c1-3-26(23-12-16-34(17-13-23)21(2)38)29(33-30(31)35-14-10-22(20-37)11-15-35)39-25-18-36(19-25)28-9-8-24-6-4-5-7-27(24)32-28/h3-9,22-23,25,37H,1,10-20H2,2H3,(H2,31,33)/b29-26-. The van der Waals surface area contributed by atoms with Gasteiger partial charge in [0.25, 0.3) is 0 Å². The van der Waals surface area contributed by atoms with Crippen molar-refractivity contribution in [3.8, 4) is 0 Å². The van der Waals surface area contributed by atoms with Crippen LogP contribution in [0.5, 0.6) is 0 Å². The summed E-state index contributed by atoms with van der Waals surface area (Å²) in [5, 5.41) is 10.6. The number of guanidine groups is 1. The molecule has 0 radical (unpaired) electrons. The van der Waals surface area contributed by atoms with Crippen LogP contribution >= 0.6 is 0 Å². The van der Waals surface area contributed by atoms with E-state index in [2.05, 4.69) is 34.6 Å². The number of ether oxygens (including phenoxy) is 1. The lowest BCUT2D eigenvalue weighted by atomic mass is 9.89. The third kappa shape index (κ3) is 6.19. The van der Waals surface area contributed by atoms with Crippen molar-refractivity contribution in [2.24, 2.45) is 22.6 Å². The number of hydrogen-bond donors (Lipinski definition) is 2. The first-order chi connectivity index (χ1) is 18.9. The average molecular weight is 533 g/mol. The fraction of sp³-hybridized carbons (Fsp3) is 0.500. The number of aliphatic imine (C=N–C) groups is 1. The van der Waals surface area contributed by atoms with Crippen LogP contribution in [0.1, 0.15) is 32.6 Å². The predicted molar refractivity (Wildman–Crippen MR) is 154 cm³/mol. The van der Waals surface area contributed by atoms with Crippen LogP contribution in [0.2, 0.25) is 0 Å². The van der Waals surface area contributed by atoms with Gasteiger partial charge in [-0.25, -0.2) is 4.98 Å². The maximum Gasteiger partial charge on any atom is 0.220 e. The number of nitrogens with two attached hydrogens (primary N) is 1. The molecule has 39 heavy (non-hydrogen) atoms. The first-order valence-electron chi connectivity index (χ1n) is 14.0. The number of anilines is 1. The van der Waals surface area contributed by atoms with Crippen molar-refractivity contribution in [2.75, 3.05) is 50.8 Å². The number of allylic oxidation sites excluding steroid dienone is 2. The molecule has 5 rings (SSSR count). The molecule has 208 valence electrons. The molecular weight excluding hydrogens is 492 g/mol. The third-order valence-electron chi connectivity index (χ3n) is 8.29. The predicted octanol–water partition coefficient (Wildman–Crippen LogP) is 3.12. The maximum absolute atomic E-state index is 11.9. The van der Waals surface area contributed by atoms with Crippen LogP contribution in [0.3, 0.4) is 0 Å². The Hall–Kier alpha value is -3.59. The monoisotopic (exact) mass is 532 g/mol. The number of aromatic nitrogens is 1. The highest BCUT2D eigenvalue weighted by Crippen LogP contribution is 2.32. The van der Waals surface area contributed by atoms with Crippen LogP contribution < -0.4 is 10.6 Å². The number of aliphatic hydroxyl groups is 1. The van der Waals surface area contributed by atoms with Gasteiger partial charge in [-0.05, 0) is 55.7 Å². The Bertz CT molecular complexity index is 1240. The normalized spacial score (nSPS) is 20.6. The second kappa shape index (κ2) is 12.1. The summed E-state index contributed by atoms with van der Waals surface area (Å²) in [4.78, 5) is 27.7. The molecule has 4 heterocycles. The average Bonchev–Trinajstić information content (AvgIpc) is 2.95. The number of benzene rings is 1. The quantitative estimate of drug-likeness (QED) is 0.244. The van der Waals surface area contributed by atoms with Gasteiger partial charge in [0.15, 0.2) is 5.96 Å². The second-order valence-electron chi connectivity index (χ2n) is 10.8. The molecule has 3 aliphatic rings. The van der Waals surface area contributed by atoms with E-state index in [9.17, 15) is 9.90 Å². The van der Waals surface area contributed by atoms with E-state index in [0.717, 1.165) is 61.1 Å². The first-order valence-corrected chi connectivity index (χ1v) is 14.0. The van der Waals surface area contributed by atoms with Gasteiger partial charge in [0.1, 0.15) is 11.9 Å². The zero-order chi connectivity index (χ0) is 27.4. The number of para-hydroxylation sites is 1. The highest BCUT2D eigenvalue weighted by Gasteiger charge is 2.33. The lowest BCUT2D eigenvalue weighted by Gasteiger charge is -2.40. The van der Waals surface area contributed by atoms with Crippen LogP contribution in [-0.4, -0.2) is 83.7 Å². The van der Waals surface area contributed by atoms with Crippen molar-refractivity contribution < 1.29 is 14.6 Å². The van der Waals surface area contributed by atoms with E-state index >= 15 is 0 Å². The highest BCUT2D eigenvalue weighted by molar-refractivity contribution is 5.80. The molecule has 9 nitrogen and oxygen atoms in total. The molecule has 3 N–H and O–H groups in total. The topological polar surface area (TPSA) is 108 Å². The molecule has 9 heteroatoms. The maximum atomic E-state index is 11.9. The summed E-state index contributed by atoms with van der Waals surface area (Å²) in [6, 6.07) is 12.3. The summed E-state index contributed by atoms with van der Waals surface area (Å²) in [6.07, 6.45) is 5.25. The molecule has 1 aromatic heterocycles. The van der Waals surface area contributed by atoms with Gasteiger partial charge in [0, 0.05) is 50.7 Å². The minimum Gasteiger partial charge on any atom is -0.470 e. The molecule has 1 aromatic carbocycles. The Morgan fingerprint density at radius 1 is 1.10 bits per heavy atom. The minimum atomic E-state index is -0.0443.